The van der Waals surface area contributed by atoms with Gasteiger partial charge < -0.3 is 0 Å². The van der Waals surface area contributed by atoms with E-state index in [-0.39, 0.29) is 0 Å². The first-order chi connectivity index (χ1) is 7.98. The van der Waals surface area contributed by atoms with E-state index in [0.717, 1.165) is 23.8 Å². The van der Waals surface area contributed by atoms with Gasteiger partial charge in [0, 0.05) is 42.4 Å². The molecule has 17 heavy (non-hydrogen) atoms. The van der Waals surface area contributed by atoms with Gasteiger partial charge in [-0.05, 0) is 0 Å². The number of rotatable bonds is 3. The molecule has 0 bridgehead atoms. The minimum atomic E-state index is -3.07. The third kappa shape index (κ3) is 3.31. The van der Waals surface area contributed by atoms with E-state index in [1.807, 2.05) is 4.90 Å². The molecular weight excluding hydrogens is 302 g/mol. The van der Waals surface area contributed by atoms with Gasteiger partial charge in [0.25, 0.3) is 0 Å². The molecule has 0 aromatic carbocycles. The van der Waals surface area contributed by atoms with Gasteiger partial charge in [-0.1, -0.05) is 16.1 Å². The molecule has 0 radical (unpaired) electrons. The summed E-state index contributed by atoms with van der Waals surface area (Å²) in [5.41, 5.74) is 0.664. The molecule has 0 N–H and O–H groups in total. The van der Waals surface area contributed by atoms with Crippen molar-refractivity contribution in [1.82, 2.24) is 14.5 Å². The summed E-state index contributed by atoms with van der Waals surface area (Å²) in [6.45, 7) is 1.18. The fourth-order valence-corrected chi connectivity index (χ4v) is 5.23. The molecule has 2 rings (SSSR count). The second-order valence-electron chi connectivity index (χ2n) is 3.82. The first kappa shape index (κ1) is 13.5. The quantitative estimate of drug-likeness (QED) is 0.833. The molecule has 2 heterocycles. The molecule has 96 valence electrons. The standard InChI is InChI=1S/C8H12ClN3O2S3/c1-17(13,14)7-5-15-3-2-12(7)4-6-8(9)16-11-10-6/h7H,2-5H2,1H3. The lowest BCUT2D eigenvalue weighted by molar-refractivity contribution is 0.259. The second-order valence-corrected chi connectivity index (χ2v) is 8.53. The summed E-state index contributed by atoms with van der Waals surface area (Å²) in [6.07, 6.45) is 1.28. The Bertz CT molecular complexity index is 490. The van der Waals surface area contributed by atoms with Gasteiger partial charge in [0.05, 0.1) is 0 Å². The molecule has 1 aromatic heterocycles. The summed E-state index contributed by atoms with van der Waals surface area (Å²) in [7, 11) is -3.07. The zero-order valence-electron chi connectivity index (χ0n) is 9.17. The predicted octanol–water partition coefficient (Wildman–Crippen LogP) is 1.11. The molecule has 1 aromatic rings. The smallest absolute Gasteiger partial charge is 0.164 e. The van der Waals surface area contributed by atoms with Gasteiger partial charge >= 0.3 is 0 Å². The maximum Gasteiger partial charge on any atom is 0.164 e. The molecule has 5 nitrogen and oxygen atoms in total. The van der Waals surface area contributed by atoms with E-state index in [9.17, 15) is 8.42 Å². The van der Waals surface area contributed by atoms with Crippen molar-refractivity contribution >= 4 is 44.7 Å². The maximum absolute atomic E-state index is 11.7. The number of sulfone groups is 1. The van der Waals surface area contributed by atoms with Crippen LogP contribution in [0.5, 0.6) is 0 Å². The van der Waals surface area contributed by atoms with Crippen LogP contribution >= 0.6 is 34.9 Å². The topological polar surface area (TPSA) is 63.2 Å². The zero-order valence-corrected chi connectivity index (χ0v) is 12.4. The van der Waals surface area contributed by atoms with Crippen LogP contribution in [-0.4, -0.2) is 52.6 Å². The lowest BCUT2D eigenvalue weighted by atomic mass is 10.4. The van der Waals surface area contributed by atoms with Crippen molar-refractivity contribution in [2.24, 2.45) is 0 Å². The zero-order chi connectivity index (χ0) is 12.5. The van der Waals surface area contributed by atoms with Crippen molar-refractivity contribution in [3.8, 4) is 0 Å². The first-order valence-electron chi connectivity index (χ1n) is 4.96. The molecule has 9 heteroatoms. The van der Waals surface area contributed by atoms with Crippen LogP contribution in [0.15, 0.2) is 0 Å². The Morgan fingerprint density at radius 1 is 1.59 bits per heavy atom. The molecule has 0 aliphatic carbocycles. The summed E-state index contributed by atoms with van der Waals surface area (Å²) in [4.78, 5) is 1.91. The van der Waals surface area contributed by atoms with E-state index in [4.69, 9.17) is 11.6 Å². The number of aromatic nitrogens is 2. The van der Waals surface area contributed by atoms with E-state index in [1.165, 1.54) is 6.26 Å². The third-order valence-electron chi connectivity index (χ3n) is 2.55. The van der Waals surface area contributed by atoms with Gasteiger partial charge in [0.2, 0.25) is 0 Å². The van der Waals surface area contributed by atoms with Crippen molar-refractivity contribution in [3.63, 3.8) is 0 Å². The summed E-state index contributed by atoms with van der Waals surface area (Å²) < 4.78 is 27.7. The van der Waals surface area contributed by atoms with Gasteiger partial charge in [-0.2, -0.15) is 11.8 Å². The molecule has 0 spiro atoms. The normalized spacial score (nSPS) is 22.8. The summed E-state index contributed by atoms with van der Waals surface area (Å²) >= 11 is 8.72. The van der Waals surface area contributed by atoms with Crippen molar-refractivity contribution in [2.75, 3.05) is 24.3 Å². The summed E-state index contributed by atoms with van der Waals surface area (Å²) in [6, 6.07) is 0. The van der Waals surface area contributed by atoms with Crippen LogP contribution < -0.4 is 0 Å². The van der Waals surface area contributed by atoms with Gasteiger partial charge in [-0.25, -0.2) is 8.42 Å². The fourth-order valence-electron chi connectivity index (χ4n) is 1.67. The number of nitrogens with zero attached hydrogens (tertiary/aromatic N) is 3. The number of hydrogen-bond acceptors (Lipinski definition) is 7. The molecule has 1 aliphatic rings. The molecular formula is C8H12ClN3O2S3. The van der Waals surface area contributed by atoms with Crippen LogP contribution in [0.2, 0.25) is 4.34 Å². The van der Waals surface area contributed by atoms with Gasteiger partial charge in [0.1, 0.15) is 15.4 Å². The molecule has 1 fully saturated rings. The van der Waals surface area contributed by atoms with Crippen LogP contribution in [0.25, 0.3) is 0 Å². The van der Waals surface area contributed by atoms with E-state index < -0.39 is 15.2 Å². The monoisotopic (exact) mass is 313 g/mol. The van der Waals surface area contributed by atoms with E-state index in [2.05, 4.69) is 9.59 Å². The van der Waals surface area contributed by atoms with Crippen molar-refractivity contribution in [2.45, 2.75) is 11.9 Å². The number of hydrogen-bond donors (Lipinski definition) is 0. The van der Waals surface area contributed by atoms with Crippen LogP contribution in [-0.2, 0) is 16.4 Å². The second kappa shape index (κ2) is 5.40. The Balaban J connectivity index is 2.15. The molecule has 1 unspecified atom stereocenters. The first-order valence-corrected chi connectivity index (χ1v) is 9.22. The Labute approximate surface area is 114 Å². The van der Waals surface area contributed by atoms with Crippen LogP contribution in [0.3, 0.4) is 0 Å². The van der Waals surface area contributed by atoms with Crippen LogP contribution in [0.1, 0.15) is 5.69 Å². The van der Waals surface area contributed by atoms with Gasteiger partial charge in [-0.3, -0.25) is 4.90 Å². The van der Waals surface area contributed by atoms with E-state index in [1.54, 1.807) is 11.8 Å². The largest absolute Gasteiger partial charge is 0.280 e. The highest BCUT2D eigenvalue weighted by atomic mass is 35.5. The Kier molecular flexibility index (Phi) is 4.30. The molecule has 0 amide bonds. The maximum atomic E-state index is 11.7. The Hall–Kier alpha value is 0.110. The minimum Gasteiger partial charge on any atom is -0.280 e. The number of thioether (sulfide) groups is 1. The van der Waals surface area contributed by atoms with E-state index in [0.29, 0.717) is 22.3 Å². The molecule has 1 atom stereocenters. The van der Waals surface area contributed by atoms with Crippen LogP contribution in [0.4, 0.5) is 0 Å². The lowest BCUT2D eigenvalue weighted by Gasteiger charge is -2.33. The highest BCUT2D eigenvalue weighted by Gasteiger charge is 2.31. The number of halogens is 1. The van der Waals surface area contributed by atoms with Crippen molar-refractivity contribution < 1.29 is 8.42 Å². The van der Waals surface area contributed by atoms with Gasteiger partial charge in [-0.15, -0.1) is 5.10 Å². The summed E-state index contributed by atoms with van der Waals surface area (Å²) in [5, 5.41) is 3.47. The molecule has 0 saturated carbocycles. The third-order valence-corrected chi connectivity index (χ3v) is 6.22. The SMILES string of the molecule is CS(=O)(=O)C1CSCCN1Cc1nnsc1Cl. The minimum absolute atomic E-state index is 0.445. The Morgan fingerprint density at radius 2 is 2.35 bits per heavy atom. The summed E-state index contributed by atoms with van der Waals surface area (Å²) in [5.74, 6) is 1.54. The van der Waals surface area contributed by atoms with E-state index >= 15 is 0 Å². The Morgan fingerprint density at radius 3 is 2.94 bits per heavy atom. The average molecular weight is 314 g/mol. The lowest BCUT2D eigenvalue weighted by Crippen LogP contribution is -2.46. The predicted molar refractivity (Wildman–Crippen MR) is 71.3 cm³/mol. The highest BCUT2D eigenvalue weighted by Crippen LogP contribution is 2.25. The fraction of sp³-hybridized carbons (Fsp3) is 0.750. The average Bonchev–Trinajstić information content (AvgIpc) is 2.64. The van der Waals surface area contributed by atoms with Crippen LogP contribution in [0, 0.1) is 0 Å². The molecule has 1 aliphatic heterocycles. The van der Waals surface area contributed by atoms with Crippen molar-refractivity contribution in [3.05, 3.63) is 10.0 Å². The van der Waals surface area contributed by atoms with Gasteiger partial charge in [0.15, 0.2) is 9.84 Å². The highest BCUT2D eigenvalue weighted by molar-refractivity contribution is 8.00. The van der Waals surface area contributed by atoms with Crippen molar-refractivity contribution in [1.29, 1.82) is 0 Å². The molecule has 1 saturated heterocycles.